The molecule has 0 bridgehead atoms. The zero-order valence-corrected chi connectivity index (χ0v) is 8.46. The Balaban J connectivity index is 1.59. The molecule has 0 radical (unpaired) electrons. The number of hydrogen-bond acceptors (Lipinski definition) is 3. The summed E-state index contributed by atoms with van der Waals surface area (Å²) in [5.41, 5.74) is 5.78. The van der Waals surface area contributed by atoms with Crippen LogP contribution in [-0.2, 0) is 4.79 Å². The number of hydrogen-bond donors (Lipinski definition) is 3. The van der Waals surface area contributed by atoms with E-state index in [-0.39, 0.29) is 5.91 Å². The number of rotatable bonds is 4. The highest BCUT2D eigenvalue weighted by Crippen LogP contribution is 2.18. The van der Waals surface area contributed by atoms with Gasteiger partial charge in [-0.15, -0.1) is 0 Å². The van der Waals surface area contributed by atoms with E-state index in [0.717, 1.165) is 32.1 Å². The molecule has 2 saturated carbocycles. The first kappa shape index (κ1) is 9.93. The molecule has 14 heavy (non-hydrogen) atoms. The van der Waals surface area contributed by atoms with Gasteiger partial charge in [-0.3, -0.25) is 4.79 Å². The van der Waals surface area contributed by atoms with Crippen LogP contribution in [0, 0.1) is 0 Å². The largest absolute Gasteiger partial charge is 0.352 e. The first-order chi connectivity index (χ1) is 6.74. The molecule has 0 aromatic rings. The van der Waals surface area contributed by atoms with Crippen LogP contribution < -0.4 is 16.4 Å². The monoisotopic (exact) mass is 197 g/mol. The van der Waals surface area contributed by atoms with E-state index in [1.807, 2.05) is 0 Å². The quantitative estimate of drug-likeness (QED) is 0.581. The van der Waals surface area contributed by atoms with Crippen LogP contribution in [0.25, 0.3) is 0 Å². The first-order valence-electron chi connectivity index (χ1n) is 5.52. The van der Waals surface area contributed by atoms with Crippen LogP contribution in [0.4, 0.5) is 0 Å². The Morgan fingerprint density at radius 2 is 1.93 bits per heavy atom. The average Bonchev–Trinajstić information content (AvgIpc) is 2.85. The summed E-state index contributed by atoms with van der Waals surface area (Å²) in [7, 11) is 0. The second kappa shape index (κ2) is 4.28. The lowest BCUT2D eigenvalue weighted by atomic mass is 10.2. The van der Waals surface area contributed by atoms with Crippen molar-refractivity contribution in [2.75, 3.05) is 6.54 Å². The van der Waals surface area contributed by atoms with Gasteiger partial charge in [0.2, 0.25) is 5.91 Å². The van der Waals surface area contributed by atoms with Crippen molar-refractivity contribution in [1.82, 2.24) is 10.6 Å². The number of nitrogens with two attached hydrogens (primary N) is 1. The van der Waals surface area contributed by atoms with Crippen molar-refractivity contribution in [3.8, 4) is 0 Å². The molecule has 4 N–H and O–H groups in total. The zero-order valence-electron chi connectivity index (χ0n) is 8.46. The molecule has 1 amide bonds. The highest BCUT2D eigenvalue weighted by atomic mass is 16.2. The molecule has 2 unspecified atom stereocenters. The minimum Gasteiger partial charge on any atom is -0.352 e. The van der Waals surface area contributed by atoms with Gasteiger partial charge in [0, 0.05) is 18.1 Å². The molecule has 0 heterocycles. The SMILES string of the molecule is NC1CCC(NCC(=O)NC2CC2)C1. The minimum atomic E-state index is 0.132. The second-order valence-electron chi connectivity index (χ2n) is 4.49. The zero-order chi connectivity index (χ0) is 9.97. The molecule has 0 aliphatic heterocycles. The van der Waals surface area contributed by atoms with Crippen molar-refractivity contribution in [1.29, 1.82) is 0 Å². The molecule has 80 valence electrons. The van der Waals surface area contributed by atoms with Crippen LogP contribution in [0.1, 0.15) is 32.1 Å². The smallest absolute Gasteiger partial charge is 0.234 e. The van der Waals surface area contributed by atoms with E-state index in [2.05, 4.69) is 10.6 Å². The van der Waals surface area contributed by atoms with Gasteiger partial charge in [0.05, 0.1) is 6.54 Å². The van der Waals surface area contributed by atoms with Crippen LogP contribution >= 0.6 is 0 Å². The lowest BCUT2D eigenvalue weighted by Gasteiger charge is -2.11. The van der Waals surface area contributed by atoms with Crippen molar-refractivity contribution >= 4 is 5.91 Å². The third-order valence-electron chi connectivity index (χ3n) is 2.97. The summed E-state index contributed by atoms with van der Waals surface area (Å²) in [5.74, 6) is 0.132. The van der Waals surface area contributed by atoms with Crippen LogP contribution in [0.2, 0.25) is 0 Å². The van der Waals surface area contributed by atoms with Crippen LogP contribution in [0.3, 0.4) is 0 Å². The van der Waals surface area contributed by atoms with E-state index in [0.29, 0.717) is 24.7 Å². The maximum absolute atomic E-state index is 11.3. The van der Waals surface area contributed by atoms with Crippen LogP contribution in [-0.4, -0.2) is 30.6 Å². The van der Waals surface area contributed by atoms with Gasteiger partial charge >= 0.3 is 0 Å². The summed E-state index contributed by atoms with van der Waals surface area (Å²) in [6.07, 6.45) is 5.51. The Hall–Kier alpha value is -0.610. The van der Waals surface area contributed by atoms with Crippen molar-refractivity contribution in [3.63, 3.8) is 0 Å². The van der Waals surface area contributed by atoms with E-state index in [9.17, 15) is 4.79 Å². The summed E-state index contributed by atoms with van der Waals surface area (Å²) in [4.78, 5) is 11.3. The number of nitrogens with one attached hydrogen (secondary N) is 2. The molecule has 0 aromatic carbocycles. The Morgan fingerprint density at radius 1 is 1.21 bits per heavy atom. The lowest BCUT2D eigenvalue weighted by molar-refractivity contribution is -0.120. The summed E-state index contributed by atoms with van der Waals surface area (Å²) in [6, 6.07) is 1.25. The second-order valence-corrected chi connectivity index (χ2v) is 4.49. The fourth-order valence-corrected chi connectivity index (χ4v) is 1.95. The predicted octanol–water partition coefficient (Wildman–Crippen LogP) is -0.266. The normalized spacial score (nSPS) is 31.8. The Morgan fingerprint density at radius 3 is 2.50 bits per heavy atom. The van der Waals surface area contributed by atoms with E-state index in [1.54, 1.807) is 0 Å². The highest BCUT2D eigenvalue weighted by molar-refractivity contribution is 5.78. The maximum atomic E-state index is 11.3. The maximum Gasteiger partial charge on any atom is 0.234 e. The molecule has 0 aromatic heterocycles. The van der Waals surface area contributed by atoms with Gasteiger partial charge in [0.25, 0.3) is 0 Å². The van der Waals surface area contributed by atoms with Gasteiger partial charge in [-0.05, 0) is 32.1 Å². The summed E-state index contributed by atoms with van der Waals surface area (Å²) < 4.78 is 0. The molecule has 2 fully saturated rings. The fourth-order valence-electron chi connectivity index (χ4n) is 1.95. The van der Waals surface area contributed by atoms with Crippen LogP contribution in [0.15, 0.2) is 0 Å². The summed E-state index contributed by atoms with van der Waals surface area (Å²) in [6.45, 7) is 0.452. The van der Waals surface area contributed by atoms with E-state index in [4.69, 9.17) is 5.73 Å². The predicted molar refractivity (Wildman–Crippen MR) is 54.8 cm³/mol. The Kier molecular flexibility index (Phi) is 3.03. The minimum absolute atomic E-state index is 0.132. The number of amides is 1. The molecule has 2 rings (SSSR count). The van der Waals surface area contributed by atoms with Gasteiger partial charge in [0.1, 0.15) is 0 Å². The van der Waals surface area contributed by atoms with Crippen LogP contribution in [0.5, 0.6) is 0 Å². The third kappa shape index (κ3) is 2.96. The first-order valence-corrected chi connectivity index (χ1v) is 5.52. The molecule has 4 heteroatoms. The third-order valence-corrected chi connectivity index (χ3v) is 2.97. The van der Waals surface area contributed by atoms with Crippen molar-refractivity contribution in [2.24, 2.45) is 5.73 Å². The number of carbonyl (C=O) groups excluding carboxylic acids is 1. The van der Waals surface area contributed by atoms with Crippen molar-refractivity contribution < 1.29 is 4.79 Å². The molecule has 2 aliphatic carbocycles. The van der Waals surface area contributed by atoms with Crippen molar-refractivity contribution in [3.05, 3.63) is 0 Å². The van der Waals surface area contributed by atoms with E-state index < -0.39 is 0 Å². The lowest BCUT2D eigenvalue weighted by Crippen LogP contribution is -2.39. The molecular formula is C10H19N3O. The molecule has 2 atom stereocenters. The van der Waals surface area contributed by atoms with Gasteiger partial charge in [-0.2, -0.15) is 0 Å². The molecule has 4 nitrogen and oxygen atoms in total. The van der Waals surface area contributed by atoms with Gasteiger partial charge in [-0.25, -0.2) is 0 Å². The van der Waals surface area contributed by atoms with Crippen molar-refractivity contribution in [2.45, 2.75) is 50.2 Å². The van der Waals surface area contributed by atoms with Gasteiger partial charge in [-0.1, -0.05) is 0 Å². The molecule has 2 aliphatic rings. The topological polar surface area (TPSA) is 67.1 Å². The fraction of sp³-hybridized carbons (Fsp3) is 0.900. The number of carbonyl (C=O) groups is 1. The van der Waals surface area contributed by atoms with E-state index in [1.165, 1.54) is 0 Å². The molecular weight excluding hydrogens is 178 g/mol. The van der Waals surface area contributed by atoms with Gasteiger partial charge in [0.15, 0.2) is 0 Å². The Labute approximate surface area is 84.6 Å². The van der Waals surface area contributed by atoms with E-state index >= 15 is 0 Å². The standard InChI is InChI=1S/C10H19N3O/c11-7-1-2-9(5-7)12-6-10(14)13-8-3-4-8/h7-9,12H,1-6,11H2,(H,13,14). The Bertz CT molecular complexity index is 215. The summed E-state index contributed by atoms with van der Waals surface area (Å²) in [5, 5.41) is 6.21. The van der Waals surface area contributed by atoms with Gasteiger partial charge < -0.3 is 16.4 Å². The summed E-state index contributed by atoms with van der Waals surface area (Å²) >= 11 is 0. The molecule has 0 spiro atoms. The average molecular weight is 197 g/mol. The highest BCUT2D eigenvalue weighted by Gasteiger charge is 2.25. The molecule has 0 saturated heterocycles.